The van der Waals surface area contributed by atoms with Crippen molar-refractivity contribution >= 4 is 26.9 Å². The van der Waals surface area contributed by atoms with Crippen LogP contribution in [0.15, 0.2) is 108 Å². The van der Waals surface area contributed by atoms with Crippen LogP contribution in [-0.4, -0.2) is 8.42 Å². The summed E-state index contributed by atoms with van der Waals surface area (Å²) in [6, 6.07) is 33.1. The maximum atomic E-state index is 12.7. The standard InChI is InChI=1S/C27H25NO2S/c1-21-8-6-10-25(18-21)28(26-11-7-9-22(2)19-26)24-16-14-23(15-17-24)20-31(29,30)27-12-4-3-5-13-27/h3-19H,20H2,1-2H3. The zero-order valence-corrected chi connectivity index (χ0v) is 18.5. The van der Waals surface area contributed by atoms with Crippen molar-refractivity contribution in [1.29, 1.82) is 0 Å². The van der Waals surface area contributed by atoms with E-state index in [1.165, 1.54) is 11.1 Å². The van der Waals surface area contributed by atoms with Gasteiger partial charge in [0.15, 0.2) is 9.84 Å². The number of nitrogens with zero attached hydrogens (tertiary/aromatic N) is 1. The molecule has 0 aliphatic rings. The molecular weight excluding hydrogens is 402 g/mol. The molecule has 3 nitrogen and oxygen atoms in total. The minimum atomic E-state index is -3.38. The van der Waals surface area contributed by atoms with Gasteiger partial charge in [0.1, 0.15) is 0 Å². The van der Waals surface area contributed by atoms with E-state index in [0.29, 0.717) is 4.90 Å². The van der Waals surface area contributed by atoms with E-state index in [4.69, 9.17) is 0 Å². The number of hydrogen-bond donors (Lipinski definition) is 0. The second-order valence-corrected chi connectivity index (χ2v) is 9.74. The number of hydrogen-bond acceptors (Lipinski definition) is 3. The Balaban J connectivity index is 1.69. The Hall–Kier alpha value is -3.37. The van der Waals surface area contributed by atoms with Gasteiger partial charge in [0, 0.05) is 17.1 Å². The fourth-order valence-corrected chi connectivity index (χ4v) is 5.02. The van der Waals surface area contributed by atoms with E-state index in [1.807, 2.05) is 42.5 Å². The van der Waals surface area contributed by atoms with Crippen LogP contribution in [-0.2, 0) is 15.6 Å². The van der Waals surface area contributed by atoms with Gasteiger partial charge in [-0.2, -0.15) is 0 Å². The molecule has 31 heavy (non-hydrogen) atoms. The third-order valence-electron chi connectivity index (χ3n) is 5.17. The molecule has 4 aromatic rings. The molecule has 4 aromatic carbocycles. The monoisotopic (exact) mass is 427 g/mol. The maximum Gasteiger partial charge on any atom is 0.182 e. The summed E-state index contributed by atoms with van der Waals surface area (Å²) < 4.78 is 25.5. The molecule has 0 aliphatic heterocycles. The van der Waals surface area contributed by atoms with Crippen molar-refractivity contribution in [3.63, 3.8) is 0 Å². The zero-order chi connectivity index (χ0) is 21.8. The van der Waals surface area contributed by atoms with Crippen LogP contribution in [0.3, 0.4) is 0 Å². The first-order valence-corrected chi connectivity index (χ1v) is 11.9. The minimum absolute atomic E-state index is 0.0216. The second kappa shape index (κ2) is 8.78. The molecule has 0 unspecified atom stereocenters. The van der Waals surface area contributed by atoms with Gasteiger partial charge in [0.2, 0.25) is 0 Å². The largest absolute Gasteiger partial charge is 0.310 e. The van der Waals surface area contributed by atoms with Crippen molar-refractivity contribution in [3.05, 3.63) is 120 Å². The lowest BCUT2D eigenvalue weighted by Gasteiger charge is -2.26. The number of aryl methyl sites for hydroxylation is 2. The first-order chi connectivity index (χ1) is 14.9. The highest BCUT2D eigenvalue weighted by atomic mass is 32.2. The highest BCUT2D eigenvalue weighted by Crippen LogP contribution is 2.35. The van der Waals surface area contributed by atoms with E-state index in [0.717, 1.165) is 22.6 Å². The van der Waals surface area contributed by atoms with Gasteiger partial charge in [0.25, 0.3) is 0 Å². The van der Waals surface area contributed by atoms with E-state index >= 15 is 0 Å². The molecule has 0 spiro atoms. The Morgan fingerprint density at radius 1 is 0.613 bits per heavy atom. The van der Waals surface area contributed by atoms with Crippen LogP contribution in [0.4, 0.5) is 17.1 Å². The molecule has 0 bridgehead atoms. The van der Waals surface area contributed by atoms with Crippen LogP contribution in [0.1, 0.15) is 16.7 Å². The van der Waals surface area contributed by atoms with Gasteiger partial charge >= 0.3 is 0 Å². The first kappa shape index (κ1) is 20.9. The van der Waals surface area contributed by atoms with Gasteiger partial charge < -0.3 is 4.90 Å². The second-order valence-electron chi connectivity index (χ2n) is 7.75. The third-order valence-corrected chi connectivity index (χ3v) is 6.88. The van der Waals surface area contributed by atoms with E-state index in [1.54, 1.807) is 24.3 Å². The third kappa shape index (κ3) is 4.86. The zero-order valence-electron chi connectivity index (χ0n) is 17.7. The van der Waals surface area contributed by atoms with Crippen LogP contribution in [0.25, 0.3) is 0 Å². The lowest BCUT2D eigenvalue weighted by atomic mass is 10.1. The molecule has 0 saturated heterocycles. The van der Waals surface area contributed by atoms with Crippen molar-refractivity contribution in [2.24, 2.45) is 0 Å². The SMILES string of the molecule is Cc1cccc(N(c2ccc(CS(=O)(=O)c3ccccc3)cc2)c2cccc(C)c2)c1. The Morgan fingerprint density at radius 3 is 1.68 bits per heavy atom. The lowest BCUT2D eigenvalue weighted by Crippen LogP contribution is -2.10. The summed E-state index contributed by atoms with van der Waals surface area (Å²) in [7, 11) is -3.38. The summed E-state index contributed by atoms with van der Waals surface area (Å²) in [5.41, 5.74) is 6.24. The highest BCUT2D eigenvalue weighted by molar-refractivity contribution is 7.90. The van der Waals surface area contributed by atoms with Crippen LogP contribution in [0.2, 0.25) is 0 Å². The van der Waals surface area contributed by atoms with E-state index < -0.39 is 9.84 Å². The van der Waals surface area contributed by atoms with Crippen molar-refractivity contribution < 1.29 is 8.42 Å². The van der Waals surface area contributed by atoms with E-state index in [2.05, 4.69) is 55.1 Å². The maximum absolute atomic E-state index is 12.7. The first-order valence-electron chi connectivity index (χ1n) is 10.2. The average molecular weight is 428 g/mol. The summed E-state index contributed by atoms with van der Waals surface area (Å²) >= 11 is 0. The lowest BCUT2D eigenvalue weighted by molar-refractivity contribution is 0.595. The molecular formula is C27H25NO2S. The Labute approximate surface area is 184 Å². The summed E-state index contributed by atoms with van der Waals surface area (Å²) in [5, 5.41) is 0. The Bertz CT molecular complexity index is 1230. The molecule has 156 valence electrons. The molecule has 0 N–H and O–H groups in total. The number of anilines is 3. The van der Waals surface area contributed by atoms with Crippen LogP contribution >= 0.6 is 0 Å². The number of sulfone groups is 1. The molecule has 0 atom stereocenters. The predicted octanol–water partition coefficient (Wildman–Crippen LogP) is 6.75. The molecule has 0 aromatic heterocycles. The van der Waals surface area contributed by atoms with Crippen LogP contribution in [0, 0.1) is 13.8 Å². The topological polar surface area (TPSA) is 37.4 Å². The summed E-state index contributed by atoms with van der Waals surface area (Å²) in [4.78, 5) is 2.54. The van der Waals surface area contributed by atoms with Crippen molar-refractivity contribution in [1.82, 2.24) is 0 Å². The normalized spacial score (nSPS) is 11.3. The van der Waals surface area contributed by atoms with Crippen molar-refractivity contribution in [2.45, 2.75) is 24.5 Å². The van der Waals surface area contributed by atoms with E-state index in [-0.39, 0.29) is 5.75 Å². The Kier molecular flexibility index (Phi) is 5.92. The number of benzene rings is 4. The number of rotatable bonds is 6. The quantitative estimate of drug-likeness (QED) is 0.342. The van der Waals surface area contributed by atoms with Gasteiger partial charge in [-0.25, -0.2) is 8.42 Å². The summed E-state index contributed by atoms with van der Waals surface area (Å²) in [6.45, 7) is 4.16. The van der Waals surface area contributed by atoms with Gasteiger partial charge in [-0.05, 0) is 79.1 Å². The smallest absolute Gasteiger partial charge is 0.182 e. The molecule has 0 saturated carbocycles. The van der Waals surface area contributed by atoms with Crippen molar-refractivity contribution in [3.8, 4) is 0 Å². The van der Waals surface area contributed by atoms with Gasteiger partial charge in [-0.3, -0.25) is 0 Å². The molecule has 4 heteroatoms. The summed E-state index contributed by atoms with van der Waals surface area (Å²) in [5.74, 6) is -0.0216. The fraction of sp³-hybridized carbons (Fsp3) is 0.111. The predicted molar refractivity (Wildman–Crippen MR) is 128 cm³/mol. The van der Waals surface area contributed by atoms with Gasteiger partial charge in [-0.15, -0.1) is 0 Å². The molecule has 0 radical (unpaired) electrons. The van der Waals surface area contributed by atoms with Gasteiger partial charge in [0.05, 0.1) is 10.6 Å². The van der Waals surface area contributed by atoms with Crippen LogP contribution in [0.5, 0.6) is 0 Å². The van der Waals surface area contributed by atoms with Gasteiger partial charge in [-0.1, -0.05) is 54.6 Å². The van der Waals surface area contributed by atoms with Crippen molar-refractivity contribution in [2.75, 3.05) is 4.90 Å². The minimum Gasteiger partial charge on any atom is -0.310 e. The average Bonchev–Trinajstić information content (AvgIpc) is 2.76. The summed E-state index contributed by atoms with van der Waals surface area (Å²) in [6.07, 6.45) is 0. The molecule has 0 fully saturated rings. The molecule has 0 heterocycles. The van der Waals surface area contributed by atoms with E-state index in [9.17, 15) is 8.42 Å². The molecule has 0 amide bonds. The molecule has 0 aliphatic carbocycles. The Morgan fingerprint density at radius 2 is 1.16 bits per heavy atom. The van der Waals surface area contributed by atoms with Crippen LogP contribution < -0.4 is 4.90 Å². The fourth-order valence-electron chi connectivity index (χ4n) is 3.65. The highest BCUT2D eigenvalue weighted by Gasteiger charge is 2.16. The molecule has 4 rings (SSSR count).